The largest absolute Gasteiger partial charge is 1.00 e. The molecule has 90 valence electrons. The molecule has 0 aliphatic rings. The maximum atomic E-state index is 11.7. The minimum absolute atomic E-state index is 0. The van der Waals surface area contributed by atoms with Gasteiger partial charge in [-0.05, 0) is 11.8 Å². The van der Waals surface area contributed by atoms with Crippen LogP contribution in [0.25, 0.3) is 0 Å². The van der Waals surface area contributed by atoms with Gasteiger partial charge in [0, 0.05) is 13.5 Å². The first-order chi connectivity index (χ1) is 6.77. The monoisotopic (exact) mass is 223 g/mol. The normalized spacial score (nSPS) is 12.2. The van der Waals surface area contributed by atoms with E-state index in [2.05, 4.69) is 0 Å². The van der Waals surface area contributed by atoms with Gasteiger partial charge in [-0.1, -0.05) is 27.7 Å². The molecular formula is C11H22LiNO3. The number of aliphatic carboxylic acids is 1. The van der Waals surface area contributed by atoms with E-state index in [1.807, 2.05) is 13.8 Å². The number of carbonyl (C=O) groups excluding carboxylic acids is 1. The number of nitrogens with zero attached hydrogens (tertiary/aromatic N) is 1. The van der Waals surface area contributed by atoms with Gasteiger partial charge in [0.05, 0.1) is 0 Å². The Kier molecular flexibility index (Phi) is 8.68. The zero-order valence-corrected chi connectivity index (χ0v) is 11.2. The van der Waals surface area contributed by atoms with Crippen molar-refractivity contribution in [2.45, 2.75) is 40.2 Å². The molecule has 0 saturated heterocycles. The second-order valence-corrected chi connectivity index (χ2v) is 4.63. The van der Waals surface area contributed by atoms with Crippen LogP contribution >= 0.6 is 0 Å². The van der Waals surface area contributed by atoms with Crippen LogP contribution in [0.5, 0.6) is 0 Å². The van der Waals surface area contributed by atoms with E-state index in [4.69, 9.17) is 5.11 Å². The second-order valence-electron chi connectivity index (χ2n) is 4.63. The second kappa shape index (κ2) is 7.75. The average molecular weight is 223 g/mol. The molecule has 0 aliphatic carbocycles. The Hall–Kier alpha value is -0.463. The molecule has 0 radical (unpaired) electrons. The van der Waals surface area contributed by atoms with Crippen molar-refractivity contribution in [2.24, 2.45) is 11.8 Å². The summed E-state index contributed by atoms with van der Waals surface area (Å²) in [6.07, 6.45) is 0.396. The fraction of sp³-hybridized carbons (Fsp3) is 0.818. The third-order valence-corrected chi connectivity index (χ3v) is 2.28. The fourth-order valence-corrected chi connectivity index (χ4v) is 1.55. The van der Waals surface area contributed by atoms with Crippen molar-refractivity contribution in [3.05, 3.63) is 0 Å². The molecule has 0 aliphatic heterocycles. The first-order valence-electron chi connectivity index (χ1n) is 5.25. The summed E-state index contributed by atoms with van der Waals surface area (Å²) in [5.41, 5.74) is 0. The summed E-state index contributed by atoms with van der Waals surface area (Å²) in [7, 11) is 1.56. The minimum atomic E-state index is -0.940. The van der Waals surface area contributed by atoms with Gasteiger partial charge in [-0.3, -0.25) is 4.79 Å². The van der Waals surface area contributed by atoms with Gasteiger partial charge in [0.25, 0.3) is 0 Å². The van der Waals surface area contributed by atoms with Crippen LogP contribution in [-0.4, -0.2) is 35.0 Å². The standard InChI is InChI=1S/C11H21NO3.Li.H/c1-7(2)6-9(13)12(5)10(8(3)4)11(14)15;;/h7-8,10H,6H2,1-5H3,(H,14,15);;/q;+1;-1. The first-order valence-corrected chi connectivity index (χ1v) is 5.25. The van der Waals surface area contributed by atoms with Crippen molar-refractivity contribution in [1.82, 2.24) is 4.90 Å². The van der Waals surface area contributed by atoms with Crippen molar-refractivity contribution >= 4 is 11.9 Å². The van der Waals surface area contributed by atoms with Crippen molar-refractivity contribution in [1.29, 1.82) is 0 Å². The number of amides is 1. The first kappa shape index (κ1) is 17.9. The minimum Gasteiger partial charge on any atom is -1.00 e. The van der Waals surface area contributed by atoms with Crippen molar-refractivity contribution < 1.29 is 35.0 Å². The van der Waals surface area contributed by atoms with E-state index in [9.17, 15) is 9.59 Å². The fourth-order valence-electron chi connectivity index (χ4n) is 1.55. The predicted octanol–water partition coefficient (Wildman–Crippen LogP) is -1.28. The number of carboxylic acids is 1. The Morgan fingerprint density at radius 1 is 1.25 bits per heavy atom. The molecule has 0 fully saturated rings. The van der Waals surface area contributed by atoms with Crippen molar-refractivity contribution in [3.63, 3.8) is 0 Å². The van der Waals surface area contributed by atoms with Crippen LogP contribution in [0, 0.1) is 11.8 Å². The number of rotatable bonds is 5. The molecule has 0 aromatic carbocycles. The molecule has 0 rings (SSSR count). The van der Waals surface area contributed by atoms with Gasteiger partial charge in [-0.15, -0.1) is 0 Å². The van der Waals surface area contributed by atoms with Crippen LogP contribution in [0.15, 0.2) is 0 Å². The summed E-state index contributed by atoms with van der Waals surface area (Å²) >= 11 is 0. The van der Waals surface area contributed by atoms with Gasteiger partial charge in [-0.2, -0.15) is 0 Å². The van der Waals surface area contributed by atoms with Crippen LogP contribution in [0.3, 0.4) is 0 Å². The third kappa shape index (κ3) is 5.57. The van der Waals surface area contributed by atoms with E-state index in [1.54, 1.807) is 20.9 Å². The molecule has 0 aromatic heterocycles. The summed E-state index contributed by atoms with van der Waals surface area (Å²) in [4.78, 5) is 24.0. The van der Waals surface area contributed by atoms with E-state index in [-0.39, 0.29) is 38.0 Å². The molecule has 0 spiro atoms. The van der Waals surface area contributed by atoms with Gasteiger partial charge < -0.3 is 11.4 Å². The maximum Gasteiger partial charge on any atom is 1.00 e. The summed E-state index contributed by atoms with van der Waals surface area (Å²) in [6, 6.07) is -0.726. The number of likely N-dealkylation sites (N-methyl/N-ethyl adjacent to an activating group) is 1. The summed E-state index contributed by atoms with van der Waals surface area (Å²) in [6.45, 7) is 7.49. The smallest absolute Gasteiger partial charge is 1.00 e. The molecule has 0 bridgehead atoms. The Balaban J connectivity index is -0.000000980. The zero-order chi connectivity index (χ0) is 12.2. The molecule has 0 aromatic rings. The summed E-state index contributed by atoms with van der Waals surface area (Å²) < 4.78 is 0. The predicted molar refractivity (Wildman–Crippen MR) is 59.6 cm³/mol. The van der Waals surface area contributed by atoms with E-state index in [0.717, 1.165) is 0 Å². The van der Waals surface area contributed by atoms with Crippen LogP contribution in [0.1, 0.15) is 35.5 Å². The topological polar surface area (TPSA) is 57.6 Å². The van der Waals surface area contributed by atoms with Crippen LogP contribution in [-0.2, 0) is 9.59 Å². The SMILES string of the molecule is CC(C)CC(=O)N(C)C(C(=O)O)C(C)C.[H-].[Li+]. The van der Waals surface area contributed by atoms with E-state index >= 15 is 0 Å². The number of hydrogen-bond donors (Lipinski definition) is 1. The van der Waals surface area contributed by atoms with E-state index < -0.39 is 12.0 Å². The quantitative estimate of drug-likeness (QED) is 0.590. The van der Waals surface area contributed by atoms with E-state index in [0.29, 0.717) is 6.42 Å². The van der Waals surface area contributed by atoms with Gasteiger partial charge in [0.1, 0.15) is 6.04 Å². The molecule has 0 saturated carbocycles. The molecule has 1 atom stereocenters. The molecule has 5 heteroatoms. The Bertz CT molecular complexity index is 247. The molecule has 1 N–H and O–H groups in total. The molecule has 0 heterocycles. The van der Waals surface area contributed by atoms with Gasteiger partial charge in [0.2, 0.25) is 5.91 Å². The van der Waals surface area contributed by atoms with Gasteiger partial charge in [0.15, 0.2) is 0 Å². The zero-order valence-electron chi connectivity index (χ0n) is 12.2. The van der Waals surface area contributed by atoms with Crippen LogP contribution < -0.4 is 18.9 Å². The Morgan fingerprint density at radius 3 is 1.94 bits per heavy atom. The average Bonchev–Trinajstić information content (AvgIpc) is 2.00. The van der Waals surface area contributed by atoms with Gasteiger partial charge in [-0.25, -0.2) is 4.79 Å². The van der Waals surface area contributed by atoms with Crippen LogP contribution in [0.2, 0.25) is 0 Å². The van der Waals surface area contributed by atoms with Gasteiger partial charge >= 0.3 is 24.8 Å². The molecule has 1 unspecified atom stereocenters. The van der Waals surface area contributed by atoms with Crippen molar-refractivity contribution in [2.75, 3.05) is 7.05 Å². The Labute approximate surface area is 111 Å². The number of carbonyl (C=O) groups is 2. The molecule has 4 nitrogen and oxygen atoms in total. The van der Waals surface area contributed by atoms with Crippen LogP contribution in [0.4, 0.5) is 0 Å². The van der Waals surface area contributed by atoms with Crippen molar-refractivity contribution in [3.8, 4) is 0 Å². The third-order valence-electron chi connectivity index (χ3n) is 2.28. The van der Waals surface area contributed by atoms with E-state index in [1.165, 1.54) is 4.90 Å². The number of hydrogen-bond acceptors (Lipinski definition) is 2. The maximum absolute atomic E-state index is 11.7. The molecular weight excluding hydrogens is 201 g/mol. The summed E-state index contributed by atoms with van der Waals surface area (Å²) in [5.74, 6) is -0.874. The number of carboxylic acid groups (broad SMARTS) is 1. The molecule has 1 amide bonds. The Morgan fingerprint density at radius 2 is 1.69 bits per heavy atom. The summed E-state index contributed by atoms with van der Waals surface area (Å²) in [5, 5.41) is 9.00. The molecule has 16 heavy (non-hydrogen) atoms.